The quantitative estimate of drug-likeness (QED) is 0.833. The van der Waals surface area contributed by atoms with Crippen LogP contribution in [0.5, 0.6) is 0 Å². The summed E-state index contributed by atoms with van der Waals surface area (Å²) in [6, 6.07) is 1.86. The van der Waals surface area contributed by atoms with E-state index in [0.717, 1.165) is 12.1 Å². The maximum atomic E-state index is 13.8. The van der Waals surface area contributed by atoms with Gasteiger partial charge in [0, 0.05) is 18.7 Å². The van der Waals surface area contributed by atoms with Crippen LogP contribution in [0, 0.1) is 11.6 Å². The van der Waals surface area contributed by atoms with E-state index in [0.29, 0.717) is 0 Å². The second-order valence-electron chi connectivity index (χ2n) is 3.37. The summed E-state index contributed by atoms with van der Waals surface area (Å²) in [6.45, 7) is 1.64. The van der Waals surface area contributed by atoms with Crippen LogP contribution >= 0.6 is 0 Å². The van der Waals surface area contributed by atoms with E-state index >= 15 is 0 Å². The molecule has 0 aromatic heterocycles. The van der Waals surface area contributed by atoms with Crippen molar-refractivity contribution in [2.24, 2.45) is 0 Å². The second kappa shape index (κ2) is 5.52. The molecular weight excluding hydrogens is 250 g/mol. The zero-order valence-electron chi connectivity index (χ0n) is 9.55. The molecule has 0 aliphatic carbocycles. The van der Waals surface area contributed by atoms with Crippen LogP contribution in [0.15, 0.2) is 17.0 Å². The molecule has 0 saturated carbocycles. The first kappa shape index (κ1) is 14.0. The van der Waals surface area contributed by atoms with Crippen LogP contribution < -0.4 is 10.0 Å². The molecule has 0 radical (unpaired) electrons. The first-order chi connectivity index (χ1) is 7.94. The zero-order valence-corrected chi connectivity index (χ0v) is 10.4. The van der Waals surface area contributed by atoms with E-state index in [9.17, 15) is 17.2 Å². The molecule has 1 aromatic rings. The predicted molar refractivity (Wildman–Crippen MR) is 60.0 cm³/mol. The molecule has 0 spiro atoms. The average Bonchev–Trinajstić information content (AvgIpc) is 2.23. The van der Waals surface area contributed by atoms with Crippen LogP contribution in [0.4, 0.5) is 8.78 Å². The Hall–Kier alpha value is -1.05. The van der Waals surface area contributed by atoms with Gasteiger partial charge in [-0.2, -0.15) is 0 Å². The van der Waals surface area contributed by atoms with Crippen molar-refractivity contribution in [3.8, 4) is 0 Å². The smallest absolute Gasteiger partial charge is 0.243 e. The van der Waals surface area contributed by atoms with Gasteiger partial charge < -0.3 is 5.32 Å². The van der Waals surface area contributed by atoms with Gasteiger partial charge in [-0.05, 0) is 19.2 Å². The van der Waals surface area contributed by atoms with Crippen molar-refractivity contribution in [3.63, 3.8) is 0 Å². The highest BCUT2D eigenvalue weighted by Gasteiger charge is 2.22. The number of benzene rings is 1. The molecule has 4 nitrogen and oxygen atoms in total. The monoisotopic (exact) mass is 264 g/mol. The third kappa shape index (κ3) is 2.99. The largest absolute Gasteiger partial charge is 0.315 e. The molecular formula is C10H14F2N2O2S. The van der Waals surface area contributed by atoms with E-state index in [1.165, 1.54) is 7.05 Å². The molecule has 0 fully saturated rings. The van der Waals surface area contributed by atoms with E-state index in [2.05, 4.69) is 10.0 Å². The Morgan fingerprint density at radius 3 is 2.47 bits per heavy atom. The molecule has 7 heteroatoms. The van der Waals surface area contributed by atoms with Gasteiger partial charge in [-0.25, -0.2) is 21.9 Å². The first-order valence-electron chi connectivity index (χ1n) is 5.05. The minimum absolute atomic E-state index is 0.0762. The molecule has 0 aliphatic rings. The Bertz CT molecular complexity index is 503. The summed E-state index contributed by atoms with van der Waals surface area (Å²) in [7, 11) is -2.40. The number of hydrogen-bond acceptors (Lipinski definition) is 3. The van der Waals surface area contributed by atoms with Gasteiger partial charge in [-0.1, -0.05) is 6.92 Å². The summed E-state index contributed by atoms with van der Waals surface area (Å²) < 4.78 is 52.5. The van der Waals surface area contributed by atoms with Crippen molar-refractivity contribution in [2.75, 3.05) is 13.6 Å². The van der Waals surface area contributed by atoms with Crippen molar-refractivity contribution in [3.05, 3.63) is 29.3 Å². The lowest BCUT2D eigenvalue weighted by Gasteiger charge is -2.10. The molecule has 2 N–H and O–H groups in total. The van der Waals surface area contributed by atoms with Gasteiger partial charge >= 0.3 is 0 Å². The molecule has 0 saturated heterocycles. The summed E-state index contributed by atoms with van der Waals surface area (Å²) >= 11 is 0. The standard InChI is InChI=1S/C10H14F2N2O2S/c1-3-14-17(15,16)9-5-4-8(11)7(6-13-2)10(9)12/h4-5,13-14H,3,6H2,1-2H3. The van der Waals surface area contributed by atoms with Crippen molar-refractivity contribution < 1.29 is 17.2 Å². The molecule has 0 heterocycles. The molecule has 17 heavy (non-hydrogen) atoms. The maximum Gasteiger partial charge on any atom is 0.243 e. The lowest BCUT2D eigenvalue weighted by molar-refractivity contribution is 0.518. The van der Waals surface area contributed by atoms with Crippen LogP contribution in [0.2, 0.25) is 0 Å². The van der Waals surface area contributed by atoms with E-state index in [-0.39, 0.29) is 18.7 Å². The summed E-state index contributed by atoms with van der Waals surface area (Å²) in [5.41, 5.74) is -0.286. The summed E-state index contributed by atoms with van der Waals surface area (Å²) in [6.07, 6.45) is 0. The number of rotatable bonds is 5. The summed E-state index contributed by atoms with van der Waals surface area (Å²) in [5, 5.41) is 2.58. The lowest BCUT2D eigenvalue weighted by atomic mass is 10.2. The van der Waals surface area contributed by atoms with E-state index in [4.69, 9.17) is 0 Å². The summed E-state index contributed by atoms with van der Waals surface area (Å²) in [5.74, 6) is -1.83. The third-order valence-corrected chi connectivity index (χ3v) is 3.69. The fourth-order valence-electron chi connectivity index (χ4n) is 1.39. The minimum atomic E-state index is -3.92. The molecule has 0 atom stereocenters. The molecule has 0 bridgehead atoms. The topological polar surface area (TPSA) is 58.2 Å². The first-order valence-corrected chi connectivity index (χ1v) is 6.53. The summed E-state index contributed by atoms with van der Waals surface area (Å²) in [4.78, 5) is -0.536. The van der Waals surface area contributed by atoms with Gasteiger partial charge in [-0.15, -0.1) is 0 Å². The van der Waals surface area contributed by atoms with Crippen molar-refractivity contribution in [2.45, 2.75) is 18.4 Å². The maximum absolute atomic E-state index is 13.8. The molecule has 0 aliphatic heterocycles. The van der Waals surface area contributed by atoms with Gasteiger partial charge in [0.1, 0.15) is 10.7 Å². The number of halogens is 2. The minimum Gasteiger partial charge on any atom is -0.315 e. The average molecular weight is 264 g/mol. The van der Waals surface area contributed by atoms with Crippen LogP contribution in [0.25, 0.3) is 0 Å². The van der Waals surface area contributed by atoms with Crippen LogP contribution in [-0.4, -0.2) is 22.0 Å². The van der Waals surface area contributed by atoms with Gasteiger partial charge in [0.25, 0.3) is 0 Å². The molecule has 0 unspecified atom stereocenters. The highest BCUT2D eigenvalue weighted by Crippen LogP contribution is 2.20. The lowest BCUT2D eigenvalue weighted by Crippen LogP contribution is -2.25. The van der Waals surface area contributed by atoms with E-state index in [1.54, 1.807) is 6.92 Å². The Kier molecular flexibility index (Phi) is 4.55. The van der Waals surface area contributed by atoms with Crippen LogP contribution in [0.3, 0.4) is 0 Å². The normalized spacial score (nSPS) is 11.8. The van der Waals surface area contributed by atoms with Crippen molar-refractivity contribution in [1.29, 1.82) is 0 Å². The van der Waals surface area contributed by atoms with Crippen molar-refractivity contribution in [1.82, 2.24) is 10.0 Å². The molecule has 96 valence electrons. The fraction of sp³-hybridized carbons (Fsp3) is 0.400. The Labute approximate surface area is 99.1 Å². The van der Waals surface area contributed by atoms with E-state index in [1.807, 2.05) is 0 Å². The van der Waals surface area contributed by atoms with Gasteiger partial charge in [-0.3, -0.25) is 0 Å². The fourth-order valence-corrected chi connectivity index (χ4v) is 2.53. The highest BCUT2D eigenvalue weighted by atomic mass is 32.2. The molecule has 1 aromatic carbocycles. The van der Waals surface area contributed by atoms with Gasteiger partial charge in [0.15, 0.2) is 5.82 Å². The van der Waals surface area contributed by atoms with Crippen LogP contribution in [0.1, 0.15) is 12.5 Å². The Balaban J connectivity index is 3.33. The molecule has 1 rings (SSSR count). The third-order valence-electron chi connectivity index (χ3n) is 2.13. The number of sulfonamides is 1. The Morgan fingerprint density at radius 1 is 1.29 bits per heavy atom. The SMILES string of the molecule is CCNS(=O)(=O)c1ccc(F)c(CNC)c1F. The van der Waals surface area contributed by atoms with Crippen molar-refractivity contribution >= 4 is 10.0 Å². The highest BCUT2D eigenvalue weighted by molar-refractivity contribution is 7.89. The number of hydrogen-bond donors (Lipinski definition) is 2. The Morgan fingerprint density at radius 2 is 1.94 bits per heavy atom. The number of nitrogens with one attached hydrogen (secondary N) is 2. The van der Waals surface area contributed by atoms with Gasteiger partial charge in [0.05, 0.1) is 0 Å². The van der Waals surface area contributed by atoms with E-state index < -0.39 is 26.6 Å². The predicted octanol–water partition coefficient (Wildman–Crippen LogP) is 0.982. The molecule has 0 amide bonds. The van der Waals surface area contributed by atoms with Crippen LogP contribution in [-0.2, 0) is 16.6 Å². The van der Waals surface area contributed by atoms with Gasteiger partial charge in [0.2, 0.25) is 10.0 Å². The zero-order chi connectivity index (χ0) is 13.1. The second-order valence-corrected chi connectivity index (χ2v) is 5.11.